The predicted octanol–water partition coefficient (Wildman–Crippen LogP) is 5.50. The molecular weight excluding hydrogens is 400 g/mol. The van der Waals surface area contributed by atoms with Gasteiger partial charge in [0.05, 0.1) is 27.4 Å². The van der Waals surface area contributed by atoms with Crippen molar-refractivity contribution in [3.8, 4) is 23.3 Å². The minimum atomic E-state index is -1.02. The van der Waals surface area contributed by atoms with Crippen LogP contribution in [0.3, 0.4) is 0 Å². The summed E-state index contributed by atoms with van der Waals surface area (Å²) >= 11 is 1.68. The molecule has 0 fully saturated rings. The minimum Gasteiger partial charge on any atom is -0.479 e. The Labute approximate surface area is 177 Å². The van der Waals surface area contributed by atoms with Crippen molar-refractivity contribution < 1.29 is 19.4 Å². The average Bonchev–Trinajstić information content (AvgIpc) is 3.25. The number of ether oxygens (including phenoxy) is 2. The summed E-state index contributed by atoms with van der Waals surface area (Å²) in [5.41, 5.74) is 3.53. The SMILES string of the molecule is CC(Oc1ccc(Oc2ccc(C#N)cc2)cc1)C(=O)O.c1ccc2scnc2c1. The molecule has 0 spiro atoms. The zero-order chi connectivity index (χ0) is 21.3. The highest BCUT2D eigenvalue weighted by atomic mass is 32.1. The van der Waals surface area contributed by atoms with Crippen LogP contribution in [0.25, 0.3) is 10.2 Å². The van der Waals surface area contributed by atoms with Crippen molar-refractivity contribution in [2.75, 3.05) is 0 Å². The van der Waals surface area contributed by atoms with Gasteiger partial charge in [-0.05, 0) is 67.6 Å². The Balaban J connectivity index is 0.000000234. The maximum atomic E-state index is 10.7. The second-order valence-corrected chi connectivity index (χ2v) is 7.01. The lowest BCUT2D eigenvalue weighted by atomic mass is 10.2. The van der Waals surface area contributed by atoms with Gasteiger partial charge in [0, 0.05) is 0 Å². The number of hydrogen-bond acceptors (Lipinski definition) is 6. The fourth-order valence-corrected chi connectivity index (χ4v) is 3.06. The molecule has 0 aliphatic carbocycles. The highest BCUT2D eigenvalue weighted by Crippen LogP contribution is 2.24. The van der Waals surface area contributed by atoms with Crippen LogP contribution >= 0.6 is 11.3 Å². The van der Waals surface area contributed by atoms with Crippen molar-refractivity contribution in [3.05, 3.63) is 83.9 Å². The first kappa shape index (κ1) is 20.8. The Morgan fingerprint density at radius 1 is 1.00 bits per heavy atom. The van der Waals surface area contributed by atoms with Crippen molar-refractivity contribution >= 4 is 27.5 Å². The molecule has 4 aromatic rings. The first-order valence-corrected chi connectivity index (χ1v) is 9.89. The molecule has 0 bridgehead atoms. The molecule has 1 atom stereocenters. The number of fused-ring (bicyclic) bond motifs is 1. The molecule has 30 heavy (non-hydrogen) atoms. The van der Waals surface area contributed by atoms with Crippen molar-refractivity contribution in [1.29, 1.82) is 5.26 Å². The minimum absolute atomic E-state index is 0.456. The van der Waals surface area contributed by atoms with Crippen LogP contribution in [0.15, 0.2) is 78.3 Å². The van der Waals surface area contributed by atoms with Crippen LogP contribution in [-0.2, 0) is 4.79 Å². The smallest absolute Gasteiger partial charge is 0.344 e. The summed E-state index contributed by atoms with van der Waals surface area (Å²) in [5.74, 6) is 0.640. The number of rotatable bonds is 5. The number of nitrogens with zero attached hydrogens (tertiary/aromatic N) is 2. The van der Waals surface area contributed by atoms with Gasteiger partial charge in [-0.2, -0.15) is 5.26 Å². The van der Waals surface area contributed by atoms with Crippen LogP contribution in [0.5, 0.6) is 17.2 Å². The third-order valence-corrected chi connectivity index (χ3v) is 4.75. The largest absolute Gasteiger partial charge is 0.479 e. The molecule has 0 amide bonds. The van der Waals surface area contributed by atoms with Crippen LogP contribution in [0.2, 0.25) is 0 Å². The molecule has 0 aliphatic rings. The lowest BCUT2D eigenvalue weighted by Gasteiger charge is -2.11. The molecule has 0 saturated heterocycles. The van der Waals surface area contributed by atoms with Gasteiger partial charge in [-0.15, -0.1) is 11.3 Å². The number of carboxylic acids is 1. The summed E-state index contributed by atoms with van der Waals surface area (Å²) in [5, 5.41) is 17.5. The van der Waals surface area contributed by atoms with Gasteiger partial charge in [-0.25, -0.2) is 9.78 Å². The second-order valence-electron chi connectivity index (χ2n) is 6.13. The van der Waals surface area contributed by atoms with Gasteiger partial charge in [-0.3, -0.25) is 0 Å². The normalized spacial score (nSPS) is 10.9. The average molecular weight is 418 g/mol. The summed E-state index contributed by atoms with van der Waals surface area (Å²) in [7, 11) is 0. The summed E-state index contributed by atoms with van der Waals surface area (Å²) in [4.78, 5) is 14.8. The number of aliphatic carboxylic acids is 1. The van der Waals surface area contributed by atoms with Crippen LogP contribution in [0, 0.1) is 11.3 Å². The van der Waals surface area contributed by atoms with Gasteiger partial charge in [0.15, 0.2) is 6.10 Å². The van der Waals surface area contributed by atoms with E-state index in [1.165, 1.54) is 11.6 Å². The molecule has 0 radical (unpaired) electrons. The lowest BCUT2D eigenvalue weighted by Crippen LogP contribution is -2.22. The van der Waals surface area contributed by atoms with E-state index < -0.39 is 12.1 Å². The van der Waals surface area contributed by atoms with E-state index in [9.17, 15) is 4.79 Å². The van der Waals surface area contributed by atoms with Crippen molar-refractivity contribution in [2.24, 2.45) is 0 Å². The van der Waals surface area contributed by atoms with Gasteiger partial charge < -0.3 is 14.6 Å². The number of para-hydroxylation sites is 1. The maximum absolute atomic E-state index is 10.7. The zero-order valence-corrected chi connectivity index (χ0v) is 16.9. The molecule has 1 heterocycles. The molecule has 4 rings (SSSR count). The Morgan fingerprint density at radius 3 is 2.20 bits per heavy atom. The van der Waals surface area contributed by atoms with Gasteiger partial charge in [0.1, 0.15) is 17.2 Å². The highest BCUT2D eigenvalue weighted by Gasteiger charge is 2.12. The molecule has 6 nitrogen and oxygen atoms in total. The van der Waals surface area contributed by atoms with E-state index in [-0.39, 0.29) is 0 Å². The lowest BCUT2D eigenvalue weighted by molar-refractivity contribution is -0.144. The first-order valence-electron chi connectivity index (χ1n) is 9.01. The van der Waals surface area contributed by atoms with E-state index in [0.29, 0.717) is 22.8 Å². The molecule has 3 aromatic carbocycles. The summed E-state index contributed by atoms with van der Waals surface area (Å²) < 4.78 is 12.1. The van der Waals surface area contributed by atoms with Gasteiger partial charge in [-0.1, -0.05) is 12.1 Å². The third-order valence-electron chi connectivity index (χ3n) is 3.94. The fourth-order valence-electron chi connectivity index (χ4n) is 2.38. The number of hydrogen-bond donors (Lipinski definition) is 1. The Morgan fingerprint density at radius 2 is 1.60 bits per heavy atom. The number of carboxylic acid groups (broad SMARTS) is 1. The van der Waals surface area contributed by atoms with E-state index in [1.807, 2.05) is 29.8 Å². The van der Waals surface area contributed by atoms with E-state index in [4.69, 9.17) is 19.8 Å². The molecule has 1 N–H and O–H groups in total. The summed E-state index contributed by atoms with van der Waals surface area (Å²) in [6.45, 7) is 1.46. The van der Waals surface area contributed by atoms with Gasteiger partial charge >= 0.3 is 5.97 Å². The zero-order valence-electron chi connectivity index (χ0n) is 16.1. The van der Waals surface area contributed by atoms with Crippen molar-refractivity contribution in [2.45, 2.75) is 13.0 Å². The standard InChI is InChI=1S/C16H13NO4.C7H5NS/c1-11(16(18)19)20-13-6-8-15(9-7-13)21-14-4-2-12(10-17)3-5-14;1-2-4-7-6(3-1)8-5-9-7/h2-9,11H,1H3,(H,18,19);1-5H. The van der Waals surface area contributed by atoms with Gasteiger partial charge in [0.25, 0.3) is 0 Å². The molecule has 1 unspecified atom stereocenters. The molecule has 0 saturated carbocycles. The monoisotopic (exact) mass is 418 g/mol. The Bertz CT molecular complexity index is 1120. The molecule has 1 aromatic heterocycles. The van der Waals surface area contributed by atoms with Crippen LogP contribution < -0.4 is 9.47 Å². The van der Waals surface area contributed by atoms with Crippen molar-refractivity contribution in [1.82, 2.24) is 4.98 Å². The van der Waals surface area contributed by atoms with E-state index in [0.717, 1.165) is 5.52 Å². The summed E-state index contributed by atoms with van der Waals surface area (Å²) in [6, 6.07) is 23.5. The molecule has 150 valence electrons. The molecule has 7 heteroatoms. The molecular formula is C23H18N2O4S. The number of benzene rings is 3. The van der Waals surface area contributed by atoms with E-state index in [2.05, 4.69) is 11.1 Å². The fraction of sp³-hybridized carbons (Fsp3) is 0.0870. The number of thiazole rings is 1. The van der Waals surface area contributed by atoms with E-state index >= 15 is 0 Å². The predicted molar refractivity (Wildman–Crippen MR) is 115 cm³/mol. The van der Waals surface area contributed by atoms with Crippen LogP contribution in [-0.4, -0.2) is 22.2 Å². The highest BCUT2D eigenvalue weighted by molar-refractivity contribution is 7.16. The number of aromatic nitrogens is 1. The third kappa shape index (κ3) is 5.80. The second kappa shape index (κ2) is 10.0. The first-order chi connectivity index (χ1) is 14.5. The maximum Gasteiger partial charge on any atom is 0.344 e. The number of carbonyl (C=O) groups is 1. The van der Waals surface area contributed by atoms with E-state index in [1.54, 1.807) is 59.9 Å². The van der Waals surface area contributed by atoms with Crippen LogP contribution in [0.1, 0.15) is 12.5 Å². The van der Waals surface area contributed by atoms with Gasteiger partial charge in [0.2, 0.25) is 0 Å². The Kier molecular flexibility index (Phi) is 6.98. The number of nitriles is 1. The van der Waals surface area contributed by atoms with Crippen molar-refractivity contribution in [3.63, 3.8) is 0 Å². The summed E-state index contributed by atoms with van der Waals surface area (Å²) in [6.07, 6.45) is -0.907. The Hall–Kier alpha value is -3.89. The quantitative estimate of drug-likeness (QED) is 0.460. The topological polar surface area (TPSA) is 92.4 Å². The van der Waals surface area contributed by atoms with Crippen LogP contribution in [0.4, 0.5) is 0 Å². The molecule has 0 aliphatic heterocycles.